The van der Waals surface area contributed by atoms with Crippen LogP contribution in [0, 0.1) is 0 Å². The number of ketones is 1. The zero-order valence-electron chi connectivity index (χ0n) is 12.4. The lowest BCUT2D eigenvalue weighted by Crippen LogP contribution is -2.40. The Morgan fingerprint density at radius 1 is 1.38 bits per heavy atom. The van der Waals surface area contributed by atoms with Crippen molar-refractivity contribution in [2.24, 2.45) is 0 Å². The van der Waals surface area contributed by atoms with Gasteiger partial charge in [-0.3, -0.25) is 9.36 Å². The zero-order chi connectivity index (χ0) is 15.0. The summed E-state index contributed by atoms with van der Waals surface area (Å²) in [5.41, 5.74) is 1.82. The van der Waals surface area contributed by atoms with Crippen LogP contribution >= 0.6 is 0 Å². The van der Waals surface area contributed by atoms with Crippen molar-refractivity contribution in [3.05, 3.63) is 34.3 Å². The van der Waals surface area contributed by atoms with Gasteiger partial charge in [0.25, 0.3) is 0 Å². The maximum atomic E-state index is 12.5. The number of oxazole rings is 1. The molecule has 5 nitrogen and oxygen atoms in total. The third-order valence-electron chi connectivity index (χ3n) is 4.04. The van der Waals surface area contributed by atoms with Gasteiger partial charge in [0.2, 0.25) is 0 Å². The first-order valence-electron chi connectivity index (χ1n) is 7.50. The lowest BCUT2D eigenvalue weighted by Gasteiger charge is -2.22. The fraction of sp³-hybridized carbons (Fsp3) is 0.500. The molecule has 0 bridgehead atoms. The summed E-state index contributed by atoms with van der Waals surface area (Å²) in [7, 11) is 0. The largest absolute Gasteiger partial charge is 0.420 e. The molecule has 112 valence electrons. The molecule has 1 saturated heterocycles. The van der Waals surface area contributed by atoms with Crippen LogP contribution < -0.4 is 11.1 Å². The first-order chi connectivity index (χ1) is 10.1. The Balaban J connectivity index is 1.98. The highest BCUT2D eigenvalue weighted by Gasteiger charge is 2.23. The minimum atomic E-state index is -0.375. The van der Waals surface area contributed by atoms with Crippen molar-refractivity contribution in [3.63, 3.8) is 0 Å². The number of rotatable bonds is 3. The number of hydrogen-bond donors (Lipinski definition) is 1. The summed E-state index contributed by atoms with van der Waals surface area (Å²) in [4.78, 5) is 24.3. The van der Waals surface area contributed by atoms with Gasteiger partial charge in [-0.25, -0.2) is 4.79 Å². The van der Waals surface area contributed by atoms with Gasteiger partial charge in [-0.2, -0.15) is 0 Å². The van der Waals surface area contributed by atoms with Crippen LogP contribution in [0.4, 0.5) is 0 Å². The van der Waals surface area contributed by atoms with Gasteiger partial charge < -0.3 is 9.73 Å². The van der Waals surface area contributed by atoms with E-state index in [1.807, 2.05) is 13.8 Å². The van der Waals surface area contributed by atoms with Crippen LogP contribution in [0.3, 0.4) is 0 Å². The van der Waals surface area contributed by atoms with E-state index in [4.69, 9.17) is 4.42 Å². The Morgan fingerprint density at radius 2 is 2.19 bits per heavy atom. The predicted octanol–water partition coefficient (Wildman–Crippen LogP) is 2.50. The molecule has 1 aromatic heterocycles. The van der Waals surface area contributed by atoms with Gasteiger partial charge >= 0.3 is 5.76 Å². The zero-order valence-corrected chi connectivity index (χ0v) is 12.4. The second-order valence-electron chi connectivity index (χ2n) is 5.88. The number of Topliss-reactive ketones (excluding diaryl/α,β-unsaturated/α-hetero) is 1. The molecule has 1 atom stereocenters. The molecule has 0 aliphatic carbocycles. The molecule has 0 saturated carbocycles. The van der Waals surface area contributed by atoms with E-state index in [0.29, 0.717) is 11.1 Å². The molecule has 3 rings (SSSR count). The Hall–Kier alpha value is -1.88. The summed E-state index contributed by atoms with van der Waals surface area (Å²) in [6, 6.07) is 5.19. The predicted molar refractivity (Wildman–Crippen MR) is 80.8 cm³/mol. The fourth-order valence-corrected chi connectivity index (χ4v) is 2.96. The van der Waals surface area contributed by atoms with Crippen molar-refractivity contribution >= 4 is 16.9 Å². The van der Waals surface area contributed by atoms with E-state index in [2.05, 4.69) is 5.32 Å². The fourth-order valence-electron chi connectivity index (χ4n) is 2.96. The smallest absolute Gasteiger partial charge is 0.408 e. The van der Waals surface area contributed by atoms with Crippen LogP contribution in [0.25, 0.3) is 11.1 Å². The van der Waals surface area contributed by atoms with Crippen molar-refractivity contribution in [1.82, 2.24) is 9.88 Å². The average Bonchev–Trinajstić information content (AvgIpc) is 2.82. The average molecular weight is 288 g/mol. The van der Waals surface area contributed by atoms with E-state index in [0.717, 1.165) is 31.3 Å². The number of hydrogen-bond acceptors (Lipinski definition) is 4. The normalized spacial score (nSPS) is 19.3. The molecular weight excluding hydrogens is 268 g/mol. The Bertz CT molecular complexity index is 721. The lowest BCUT2D eigenvalue weighted by atomic mass is 9.96. The van der Waals surface area contributed by atoms with E-state index < -0.39 is 0 Å². The molecule has 0 radical (unpaired) electrons. The van der Waals surface area contributed by atoms with Gasteiger partial charge in [0, 0.05) is 11.6 Å². The second kappa shape index (κ2) is 5.48. The molecule has 0 amide bonds. The molecule has 1 aromatic carbocycles. The number of carbonyl (C=O) groups excluding carboxylic acids is 1. The number of fused-ring (bicyclic) bond motifs is 1. The van der Waals surface area contributed by atoms with Gasteiger partial charge in [0.15, 0.2) is 11.4 Å². The van der Waals surface area contributed by atoms with Crippen LogP contribution in [0.1, 0.15) is 49.5 Å². The number of piperidine rings is 1. The summed E-state index contributed by atoms with van der Waals surface area (Å²) < 4.78 is 6.87. The van der Waals surface area contributed by atoms with Crippen LogP contribution in [-0.4, -0.2) is 22.9 Å². The van der Waals surface area contributed by atoms with Crippen LogP contribution in [0.5, 0.6) is 0 Å². The third kappa shape index (κ3) is 2.53. The Kier molecular flexibility index (Phi) is 3.68. The highest BCUT2D eigenvalue weighted by molar-refractivity contribution is 6.02. The molecule has 1 aliphatic rings. The van der Waals surface area contributed by atoms with Gasteiger partial charge in [0.05, 0.1) is 11.6 Å². The van der Waals surface area contributed by atoms with E-state index in [9.17, 15) is 9.59 Å². The maximum absolute atomic E-state index is 12.5. The summed E-state index contributed by atoms with van der Waals surface area (Å²) in [5.74, 6) is -0.295. The number of nitrogens with zero attached hydrogens (tertiary/aromatic N) is 1. The van der Waals surface area contributed by atoms with Gasteiger partial charge in [-0.15, -0.1) is 0 Å². The maximum Gasteiger partial charge on any atom is 0.420 e. The third-order valence-corrected chi connectivity index (χ3v) is 4.04. The SMILES string of the molecule is CC(C)n1c(=O)oc2cc(C(=O)C3CCCCN3)ccc21. The number of benzene rings is 1. The van der Waals surface area contributed by atoms with Crippen LogP contribution in [0.2, 0.25) is 0 Å². The minimum absolute atomic E-state index is 0.0281. The van der Waals surface area contributed by atoms with Gasteiger partial charge in [-0.1, -0.05) is 6.42 Å². The van der Waals surface area contributed by atoms with E-state index in [1.54, 1.807) is 22.8 Å². The van der Waals surface area contributed by atoms with E-state index in [1.165, 1.54) is 0 Å². The Labute approximate surface area is 122 Å². The quantitative estimate of drug-likeness (QED) is 0.881. The molecule has 2 heterocycles. The van der Waals surface area contributed by atoms with Gasteiger partial charge in [0.1, 0.15) is 0 Å². The molecule has 0 spiro atoms. The van der Waals surface area contributed by atoms with E-state index in [-0.39, 0.29) is 23.6 Å². The van der Waals surface area contributed by atoms with E-state index >= 15 is 0 Å². The number of aromatic nitrogens is 1. The first-order valence-corrected chi connectivity index (χ1v) is 7.50. The molecule has 5 heteroatoms. The first kappa shape index (κ1) is 14.1. The number of nitrogens with one attached hydrogen (secondary N) is 1. The summed E-state index contributed by atoms with van der Waals surface area (Å²) in [6.45, 7) is 4.75. The highest BCUT2D eigenvalue weighted by Crippen LogP contribution is 2.20. The van der Waals surface area contributed by atoms with Gasteiger partial charge in [-0.05, 0) is 51.4 Å². The van der Waals surface area contributed by atoms with Crippen molar-refractivity contribution < 1.29 is 9.21 Å². The van der Waals surface area contributed by atoms with Crippen LogP contribution in [-0.2, 0) is 0 Å². The molecule has 21 heavy (non-hydrogen) atoms. The topological polar surface area (TPSA) is 64.2 Å². The minimum Gasteiger partial charge on any atom is -0.408 e. The van der Waals surface area contributed by atoms with Crippen molar-refractivity contribution in [2.75, 3.05) is 6.54 Å². The lowest BCUT2D eigenvalue weighted by molar-refractivity contribution is 0.0927. The highest BCUT2D eigenvalue weighted by atomic mass is 16.4. The molecule has 2 aromatic rings. The molecule has 1 aliphatic heterocycles. The summed E-state index contributed by atoms with van der Waals surface area (Å²) in [6.07, 6.45) is 3.06. The molecule has 1 unspecified atom stereocenters. The summed E-state index contributed by atoms with van der Waals surface area (Å²) in [5, 5.41) is 3.25. The van der Waals surface area contributed by atoms with Crippen molar-refractivity contribution in [1.29, 1.82) is 0 Å². The van der Waals surface area contributed by atoms with Crippen molar-refractivity contribution in [2.45, 2.75) is 45.2 Å². The molecule has 1 N–H and O–H groups in total. The Morgan fingerprint density at radius 3 is 2.86 bits per heavy atom. The second-order valence-corrected chi connectivity index (χ2v) is 5.88. The standard InChI is InChI=1S/C16H20N2O3/c1-10(2)18-13-7-6-11(9-14(13)21-16(18)20)15(19)12-5-3-4-8-17-12/h6-7,9-10,12,17H,3-5,8H2,1-2H3. The molecular formula is C16H20N2O3. The monoisotopic (exact) mass is 288 g/mol. The van der Waals surface area contributed by atoms with Crippen molar-refractivity contribution in [3.8, 4) is 0 Å². The summed E-state index contributed by atoms with van der Waals surface area (Å²) >= 11 is 0. The number of carbonyl (C=O) groups is 1. The van der Waals surface area contributed by atoms with Crippen LogP contribution in [0.15, 0.2) is 27.4 Å². The molecule has 1 fully saturated rings.